The third-order valence-electron chi connectivity index (χ3n) is 3.75. The quantitative estimate of drug-likeness (QED) is 0.852. The monoisotopic (exact) mass is 265 g/mol. The van der Waals surface area contributed by atoms with Crippen LogP contribution in [0.3, 0.4) is 0 Å². The molecular weight excluding hydrogens is 246 g/mol. The van der Waals surface area contributed by atoms with Crippen LogP contribution in [0.25, 0.3) is 0 Å². The lowest BCUT2D eigenvalue weighted by molar-refractivity contribution is -0.133. The molecule has 1 amide bonds. The number of amides is 1. The van der Waals surface area contributed by atoms with Crippen molar-refractivity contribution in [2.45, 2.75) is 19.3 Å². The van der Waals surface area contributed by atoms with Crippen LogP contribution in [-0.2, 0) is 4.79 Å². The van der Waals surface area contributed by atoms with E-state index in [0.29, 0.717) is 17.2 Å². The predicted octanol–water partition coefficient (Wildman–Crippen LogP) is 1.80. The summed E-state index contributed by atoms with van der Waals surface area (Å²) in [6, 6.07) is 5.20. The minimum atomic E-state index is -0.620. The Morgan fingerprint density at radius 1 is 1.37 bits per heavy atom. The van der Waals surface area contributed by atoms with Crippen molar-refractivity contribution in [3.05, 3.63) is 18.2 Å². The van der Waals surface area contributed by atoms with Gasteiger partial charge < -0.3 is 19.9 Å². The van der Waals surface area contributed by atoms with Crippen molar-refractivity contribution in [1.29, 1.82) is 0 Å². The molecular formula is C14H19NO4. The smallest absolute Gasteiger partial charge is 0.233 e. The summed E-state index contributed by atoms with van der Waals surface area (Å²) < 4.78 is 10.3. The number of aliphatic hydroxyl groups excluding tert-OH is 1. The second-order valence-corrected chi connectivity index (χ2v) is 4.81. The Labute approximate surface area is 112 Å². The number of nitrogens with one attached hydrogen (secondary N) is 1. The molecule has 1 aliphatic rings. The summed E-state index contributed by atoms with van der Waals surface area (Å²) in [5.74, 6) is 1.06. The Kier molecular flexibility index (Phi) is 3.95. The number of benzene rings is 1. The average molecular weight is 265 g/mol. The molecule has 0 radical (unpaired) electrons. The normalized spacial score (nSPS) is 16.4. The first-order valence-corrected chi connectivity index (χ1v) is 6.29. The van der Waals surface area contributed by atoms with Gasteiger partial charge in [0.1, 0.15) is 11.5 Å². The number of rotatable bonds is 5. The number of aliphatic hydroxyl groups is 1. The molecule has 19 heavy (non-hydrogen) atoms. The highest BCUT2D eigenvalue weighted by molar-refractivity contribution is 5.97. The second-order valence-electron chi connectivity index (χ2n) is 4.81. The molecule has 2 N–H and O–H groups in total. The molecule has 0 atom stereocenters. The van der Waals surface area contributed by atoms with E-state index < -0.39 is 5.41 Å². The van der Waals surface area contributed by atoms with Gasteiger partial charge in [-0.2, -0.15) is 0 Å². The highest BCUT2D eigenvalue weighted by atomic mass is 16.5. The maximum Gasteiger partial charge on any atom is 0.233 e. The van der Waals surface area contributed by atoms with Gasteiger partial charge in [0.15, 0.2) is 0 Å². The number of methoxy groups -OCH3 is 2. The lowest BCUT2D eigenvalue weighted by Crippen LogP contribution is -2.44. The second kappa shape index (κ2) is 5.48. The van der Waals surface area contributed by atoms with E-state index >= 15 is 0 Å². The van der Waals surface area contributed by atoms with Gasteiger partial charge in [0.05, 0.1) is 31.9 Å². The van der Waals surface area contributed by atoms with Crippen LogP contribution >= 0.6 is 0 Å². The third kappa shape index (κ3) is 2.51. The molecule has 1 aromatic carbocycles. The Balaban J connectivity index is 2.16. The van der Waals surface area contributed by atoms with Gasteiger partial charge in [-0.3, -0.25) is 4.79 Å². The SMILES string of the molecule is COc1ccc(NC(=O)C2(CO)CCC2)c(OC)c1. The van der Waals surface area contributed by atoms with Crippen molar-refractivity contribution in [1.82, 2.24) is 0 Å². The minimum absolute atomic E-state index is 0.114. The molecule has 104 valence electrons. The van der Waals surface area contributed by atoms with Crippen LogP contribution in [0.4, 0.5) is 5.69 Å². The molecule has 1 fully saturated rings. The lowest BCUT2D eigenvalue weighted by Gasteiger charge is -2.38. The van der Waals surface area contributed by atoms with Crippen LogP contribution in [0.1, 0.15) is 19.3 Å². The summed E-state index contributed by atoms with van der Waals surface area (Å²) in [7, 11) is 3.11. The highest BCUT2D eigenvalue weighted by Crippen LogP contribution is 2.42. The number of ether oxygens (including phenoxy) is 2. The van der Waals surface area contributed by atoms with Gasteiger partial charge in [-0.05, 0) is 25.0 Å². The van der Waals surface area contributed by atoms with Gasteiger partial charge >= 0.3 is 0 Å². The summed E-state index contributed by atoms with van der Waals surface area (Å²) in [4.78, 5) is 12.2. The molecule has 1 saturated carbocycles. The van der Waals surface area contributed by atoms with Gasteiger partial charge in [0, 0.05) is 6.07 Å². The number of hydrogen-bond acceptors (Lipinski definition) is 4. The van der Waals surface area contributed by atoms with E-state index in [-0.39, 0.29) is 12.5 Å². The Bertz CT molecular complexity index is 463. The first kappa shape index (κ1) is 13.7. The standard InChI is InChI=1S/C14H19NO4/c1-18-10-4-5-11(12(8-10)19-2)15-13(17)14(9-16)6-3-7-14/h4-5,8,16H,3,6-7,9H2,1-2H3,(H,15,17). The molecule has 2 rings (SSSR count). The molecule has 0 spiro atoms. The highest BCUT2D eigenvalue weighted by Gasteiger charge is 2.43. The molecule has 1 aromatic rings. The minimum Gasteiger partial charge on any atom is -0.497 e. The number of hydrogen-bond donors (Lipinski definition) is 2. The van der Waals surface area contributed by atoms with E-state index in [1.165, 1.54) is 7.11 Å². The van der Waals surface area contributed by atoms with Crippen molar-refractivity contribution in [3.8, 4) is 11.5 Å². The fraction of sp³-hybridized carbons (Fsp3) is 0.500. The topological polar surface area (TPSA) is 67.8 Å². The summed E-state index contributed by atoms with van der Waals surface area (Å²) in [5, 5.41) is 12.2. The summed E-state index contributed by atoms with van der Waals surface area (Å²) in [5.41, 5.74) is -0.0293. The van der Waals surface area contributed by atoms with Gasteiger partial charge in [-0.1, -0.05) is 6.42 Å². The lowest BCUT2D eigenvalue weighted by atomic mass is 9.68. The Hall–Kier alpha value is -1.75. The number of carbonyl (C=O) groups excluding carboxylic acids is 1. The van der Waals surface area contributed by atoms with Crippen molar-refractivity contribution < 1.29 is 19.4 Å². The van der Waals surface area contributed by atoms with E-state index in [2.05, 4.69) is 5.32 Å². The maximum absolute atomic E-state index is 12.2. The largest absolute Gasteiger partial charge is 0.497 e. The molecule has 1 aliphatic carbocycles. The summed E-state index contributed by atoms with van der Waals surface area (Å²) in [6.07, 6.45) is 2.44. The van der Waals surface area contributed by atoms with E-state index in [1.807, 2.05) is 0 Å². The van der Waals surface area contributed by atoms with Crippen LogP contribution < -0.4 is 14.8 Å². The Morgan fingerprint density at radius 3 is 2.58 bits per heavy atom. The third-order valence-corrected chi connectivity index (χ3v) is 3.75. The van der Waals surface area contributed by atoms with Crippen LogP contribution in [-0.4, -0.2) is 31.8 Å². The fourth-order valence-corrected chi connectivity index (χ4v) is 2.22. The molecule has 5 nitrogen and oxygen atoms in total. The molecule has 0 aromatic heterocycles. The first-order valence-electron chi connectivity index (χ1n) is 6.29. The maximum atomic E-state index is 12.2. The first-order chi connectivity index (χ1) is 9.15. The van der Waals surface area contributed by atoms with Gasteiger partial charge in [-0.25, -0.2) is 0 Å². The predicted molar refractivity (Wildman–Crippen MR) is 71.5 cm³/mol. The average Bonchev–Trinajstić information content (AvgIpc) is 2.38. The zero-order valence-electron chi connectivity index (χ0n) is 11.2. The van der Waals surface area contributed by atoms with E-state index in [1.54, 1.807) is 25.3 Å². The van der Waals surface area contributed by atoms with E-state index in [4.69, 9.17) is 9.47 Å². The fourth-order valence-electron chi connectivity index (χ4n) is 2.22. The molecule has 0 bridgehead atoms. The van der Waals surface area contributed by atoms with Crippen LogP contribution in [0.5, 0.6) is 11.5 Å². The summed E-state index contributed by atoms with van der Waals surface area (Å²) in [6.45, 7) is -0.114. The van der Waals surface area contributed by atoms with Crippen molar-refractivity contribution >= 4 is 11.6 Å². The molecule has 5 heteroatoms. The van der Waals surface area contributed by atoms with Gasteiger partial charge in [-0.15, -0.1) is 0 Å². The van der Waals surface area contributed by atoms with Crippen molar-refractivity contribution in [2.75, 3.05) is 26.1 Å². The van der Waals surface area contributed by atoms with E-state index in [0.717, 1.165) is 19.3 Å². The van der Waals surface area contributed by atoms with Crippen LogP contribution in [0.15, 0.2) is 18.2 Å². The number of carbonyl (C=O) groups is 1. The van der Waals surface area contributed by atoms with Gasteiger partial charge in [0.2, 0.25) is 5.91 Å². The van der Waals surface area contributed by atoms with Crippen LogP contribution in [0, 0.1) is 5.41 Å². The van der Waals surface area contributed by atoms with Crippen molar-refractivity contribution in [3.63, 3.8) is 0 Å². The van der Waals surface area contributed by atoms with Gasteiger partial charge in [0.25, 0.3) is 0 Å². The molecule has 0 heterocycles. The van der Waals surface area contributed by atoms with Crippen molar-refractivity contribution in [2.24, 2.45) is 5.41 Å². The molecule has 0 unspecified atom stereocenters. The Morgan fingerprint density at radius 2 is 2.11 bits per heavy atom. The zero-order chi connectivity index (χ0) is 13.9. The molecule has 0 aliphatic heterocycles. The zero-order valence-corrected chi connectivity index (χ0v) is 11.2. The molecule has 0 saturated heterocycles. The van der Waals surface area contributed by atoms with Crippen LogP contribution in [0.2, 0.25) is 0 Å². The summed E-state index contributed by atoms with van der Waals surface area (Å²) >= 11 is 0. The van der Waals surface area contributed by atoms with E-state index in [9.17, 15) is 9.90 Å². The number of anilines is 1.